The van der Waals surface area contributed by atoms with Crippen molar-refractivity contribution in [3.63, 3.8) is 0 Å². The molecule has 0 aliphatic heterocycles. The van der Waals surface area contributed by atoms with Gasteiger partial charge in [0.15, 0.2) is 0 Å². The molecular weight excluding hydrogens is 332 g/mol. The molecule has 124 valence electrons. The summed E-state index contributed by atoms with van der Waals surface area (Å²) < 4.78 is 1.83. The third-order valence-electron chi connectivity index (χ3n) is 4.64. The molecule has 0 spiro atoms. The van der Waals surface area contributed by atoms with Crippen LogP contribution in [0, 0.1) is 0 Å². The molecule has 0 saturated heterocycles. The van der Waals surface area contributed by atoms with Crippen LogP contribution in [0.5, 0.6) is 0 Å². The maximum atomic E-state index is 4.65. The lowest BCUT2D eigenvalue weighted by Gasteiger charge is -2.14. The second kappa shape index (κ2) is 5.63. The molecular formula is C18H16N6S. The van der Waals surface area contributed by atoms with E-state index in [4.69, 9.17) is 0 Å². The minimum Gasteiger partial charge on any atom is -0.359 e. The van der Waals surface area contributed by atoms with E-state index < -0.39 is 0 Å². The van der Waals surface area contributed by atoms with Crippen LogP contribution in [-0.4, -0.2) is 31.1 Å². The molecule has 4 aromatic rings. The first kappa shape index (κ1) is 14.5. The zero-order valence-electron chi connectivity index (χ0n) is 13.5. The van der Waals surface area contributed by atoms with Crippen molar-refractivity contribution < 1.29 is 0 Å². The van der Waals surface area contributed by atoms with Gasteiger partial charge in [-0.2, -0.15) is 0 Å². The van der Waals surface area contributed by atoms with Gasteiger partial charge in [-0.25, -0.2) is 9.50 Å². The van der Waals surface area contributed by atoms with E-state index in [2.05, 4.69) is 37.5 Å². The van der Waals surface area contributed by atoms with Crippen molar-refractivity contribution in [3.05, 3.63) is 60.8 Å². The fourth-order valence-electron chi connectivity index (χ4n) is 3.02. The zero-order chi connectivity index (χ0) is 16.7. The third-order valence-corrected chi connectivity index (χ3v) is 5.52. The Kier molecular flexibility index (Phi) is 3.27. The Morgan fingerprint density at radius 2 is 2.12 bits per heavy atom. The lowest BCUT2D eigenvalue weighted by Crippen LogP contribution is -2.20. The highest BCUT2D eigenvalue weighted by atomic mass is 32.1. The van der Waals surface area contributed by atoms with Gasteiger partial charge < -0.3 is 5.32 Å². The van der Waals surface area contributed by atoms with Crippen LogP contribution in [0.4, 0.5) is 5.13 Å². The molecule has 4 heterocycles. The number of anilines is 1. The highest BCUT2D eigenvalue weighted by Crippen LogP contribution is 2.47. The summed E-state index contributed by atoms with van der Waals surface area (Å²) in [5.41, 5.74) is 3.23. The Labute approximate surface area is 148 Å². The average Bonchev–Trinajstić information content (AvgIpc) is 3.21. The molecule has 7 heteroatoms. The van der Waals surface area contributed by atoms with E-state index in [9.17, 15) is 0 Å². The summed E-state index contributed by atoms with van der Waals surface area (Å²) >= 11 is 1.57. The molecule has 6 nitrogen and oxygen atoms in total. The summed E-state index contributed by atoms with van der Waals surface area (Å²) in [6.45, 7) is 0.857. The number of fused-ring (bicyclic) bond motifs is 1. The SMILES string of the molecule is c1ccc(C2(CNc3nn4cc(-c5cccnc5)nc4s3)CC2)nc1. The highest BCUT2D eigenvalue weighted by molar-refractivity contribution is 7.20. The van der Waals surface area contributed by atoms with Gasteiger partial charge in [0, 0.05) is 41.8 Å². The van der Waals surface area contributed by atoms with Crippen LogP contribution in [0.15, 0.2) is 55.1 Å². The van der Waals surface area contributed by atoms with Crippen LogP contribution in [0.2, 0.25) is 0 Å². The molecule has 1 fully saturated rings. The van der Waals surface area contributed by atoms with Crippen molar-refractivity contribution in [2.24, 2.45) is 0 Å². The van der Waals surface area contributed by atoms with Gasteiger partial charge in [0.1, 0.15) is 0 Å². The Balaban J connectivity index is 1.34. The maximum Gasteiger partial charge on any atom is 0.214 e. The van der Waals surface area contributed by atoms with Crippen LogP contribution in [0.1, 0.15) is 18.5 Å². The zero-order valence-corrected chi connectivity index (χ0v) is 14.3. The summed E-state index contributed by atoms with van der Waals surface area (Å²) in [6, 6.07) is 10.0. The van der Waals surface area contributed by atoms with E-state index in [0.29, 0.717) is 0 Å². The van der Waals surface area contributed by atoms with Gasteiger partial charge in [0.25, 0.3) is 0 Å². The van der Waals surface area contributed by atoms with Gasteiger partial charge in [-0.1, -0.05) is 17.4 Å². The second-order valence-corrected chi connectivity index (χ2v) is 7.31. The van der Waals surface area contributed by atoms with E-state index in [0.717, 1.165) is 27.9 Å². The lowest BCUT2D eigenvalue weighted by atomic mass is 10.0. The first-order valence-corrected chi connectivity index (χ1v) is 9.06. The summed E-state index contributed by atoms with van der Waals surface area (Å²) in [7, 11) is 0. The monoisotopic (exact) mass is 348 g/mol. The largest absolute Gasteiger partial charge is 0.359 e. The van der Waals surface area contributed by atoms with Crippen molar-refractivity contribution in [1.82, 2.24) is 24.6 Å². The Morgan fingerprint density at radius 3 is 2.84 bits per heavy atom. The van der Waals surface area contributed by atoms with E-state index in [-0.39, 0.29) is 5.41 Å². The van der Waals surface area contributed by atoms with Crippen molar-refractivity contribution >= 4 is 21.4 Å². The van der Waals surface area contributed by atoms with Gasteiger partial charge >= 0.3 is 0 Å². The second-order valence-electron chi connectivity index (χ2n) is 6.35. The first-order valence-electron chi connectivity index (χ1n) is 8.24. The molecule has 1 N–H and O–H groups in total. The van der Waals surface area contributed by atoms with Crippen molar-refractivity contribution in [1.29, 1.82) is 0 Å². The predicted octanol–water partition coefficient (Wildman–Crippen LogP) is 3.39. The summed E-state index contributed by atoms with van der Waals surface area (Å²) in [5, 5.41) is 8.97. The number of aromatic nitrogens is 5. The number of nitrogens with zero attached hydrogens (tertiary/aromatic N) is 5. The predicted molar refractivity (Wildman–Crippen MR) is 97.7 cm³/mol. The minimum absolute atomic E-state index is 0.163. The van der Waals surface area contributed by atoms with Crippen LogP contribution in [0.25, 0.3) is 16.2 Å². The van der Waals surface area contributed by atoms with E-state index in [1.54, 1.807) is 17.5 Å². The van der Waals surface area contributed by atoms with Crippen LogP contribution >= 0.6 is 11.3 Å². The lowest BCUT2D eigenvalue weighted by molar-refractivity contribution is 0.701. The van der Waals surface area contributed by atoms with E-state index in [1.807, 2.05) is 41.3 Å². The van der Waals surface area contributed by atoms with Gasteiger partial charge in [0.2, 0.25) is 10.1 Å². The smallest absolute Gasteiger partial charge is 0.214 e. The van der Waals surface area contributed by atoms with Gasteiger partial charge in [0.05, 0.1) is 11.9 Å². The molecule has 1 aliphatic carbocycles. The number of hydrogen-bond acceptors (Lipinski definition) is 6. The quantitative estimate of drug-likeness (QED) is 0.599. The van der Waals surface area contributed by atoms with E-state index in [1.165, 1.54) is 18.5 Å². The maximum absolute atomic E-state index is 4.65. The Bertz CT molecular complexity index is 972. The van der Waals surface area contributed by atoms with Crippen molar-refractivity contribution in [2.45, 2.75) is 18.3 Å². The van der Waals surface area contributed by atoms with Crippen molar-refractivity contribution in [3.8, 4) is 11.3 Å². The van der Waals surface area contributed by atoms with Gasteiger partial charge in [-0.3, -0.25) is 9.97 Å². The molecule has 0 radical (unpaired) electrons. The summed E-state index contributed by atoms with van der Waals surface area (Å²) in [6.07, 6.45) is 9.73. The topological polar surface area (TPSA) is 68.0 Å². The van der Waals surface area contributed by atoms with Crippen LogP contribution < -0.4 is 5.32 Å². The van der Waals surface area contributed by atoms with Crippen molar-refractivity contribution in [2.75, 3.05) is 11.9 Å². The summed E-state index contributed by atoms with van der Waals surface area (Å²) in [5.74, 6) is 0. The number of imidazole rings is 1. The number of pyridine rings is 2. The Hall–Kier alpha value is -2.80. The average molecular weight is 348 g/mol. The third kappa shape index (κ3) is 2.66. The normalized spacial score (nSPS) is 15.4. The fraction of sp³-hybridized carbons (Fsp3) is 0.222. The van der Waals surface area contributed by atoms with E-state index >= 15 is 0 Å². The molecule has 0 atom stereocenters. The van der Waals surface area contributed by atoms with Gasteiger partial charge in [-0.05, 0) is 37.1 Å². The molecule has 0 bridgehead atoms. The minimum atomic E-state index is 0.163. The summed E-state index contributed by atoms with van der Waals surface area (Å²) in [4.78, 5) is 14.2. The van der Waals surface area contributed by atoms with Gasteiger partial charge in [-0.15, -0.1) is 5.10 Å². The molecule has 4 aromatic heterocycles. The molecule has 1 saturated carbocycles. The van der Waals surface area contributed by atoms with Crippen LogP contribution in [-0.2, 0) is 5.41 Å². The number of rotatable bonds is 5. The number of nitrogens with one attached hydrogen (secondary N) is 1. The molecule has 0 aromatic carbocycles. The standard InChI is InChI=1S/C18H16N6S/c1-2-9-20-15(5-1)18(6-7-18)12-21-16-23-24-11-14(22-17(24)25-16)13-4-3-8-19-10-13/h1-5,8-11H,6-7,12H2,(H,21,23). The fourth-order valence-corrected chi connectivity index (χ4v) is 3.80. The molecule has 25 heavy (non-hydrogen) atoms. The Morgan fingerprint density at radius 1 is 1.16 bits per heavy atom. The molecule has 0 amide bonds. The molecule has 5 rings (SSSR count). The number of hydrogen-bond donors (Lipinski definition) is 1. The van der Waals surface area contributed by atoms with Crippen LogP contribution in [0.3, 0.4) is 0 Å². The highest BCUT2D eigenvalue weighted by Gasteiger charge is 2.45. The molecule has 1 aliphatic rings. The molecule has 0 unspecified atom stereocenters. The first-order chi connectivity index (χ1) is 12.3.